The van der Waals surface area contributed by atoms with Crippen LogP contribution < -0.4 is 5.32 Å². The molecular formula is C15H29N3. The molecule has 0 aliphatic carbocycles. The Labute approximate surface area is 112 Å². The number of aryl methyl sites for hydroxylation is 2. The molecule has 0 aromatic carbocycles. The highest BCUT2D eigenvalue weighted by atomic mass is 15.3. The van der Waals surface area contributed by atoms with Gasteiger partial charge in [-0.15, -0.1) is 0 Å². The summed E-state index contributed by atoms with van der Waals surface area (Å²) in [5.74, 6) is 0. The van der Waals surface area contributed by atoms with Crippen molar-refractivity contribution in [2.24, 2.45) is 5.41 Å². The number of nitrogens with zero attached hydrogens (tertiary/aromatic N) is 2. The highest BCUT2D eigenvalue weighted by Gasteiger charge is 2.17. The summed E-state index contributed by atoms with van der Waals surface area (Å²) in [5, 5.41) is 8.20. The summed E-state index contributed by atoms with van der Waals surface area (Å²) < 4.78 is 2.09. The van der Waals surface area contributed by atoms with Crippen molar-refractivity contribution in [3.63, 3.8) is 0 Å². The molecule has 0 saturated heterocycles. The SMILES string of the molecule is CCn1nc(C)c(C(C)NCCC(C)(C)C)c1C. The van der Waals surface area contributed by atoms with Crippen LogP contribution in [0.25, 0.3) is 0 Å². The molecule has 0 radical (unpaired) electrons. The van der Waals surface area contributed by atoms with Gasteiger partial charge in [-0.1, -0.05) is 20.8 Å². The summed E-state index contributed by atoms with van der Waals surface area (Å²) in [6.07, 6.45) is 1.19. The van der Waals surface area contributed by atoms with Crippen molar-refractivity contribution >= 4 is 0 Å². The van der Waals surface area contributed by atoms with E-state index in [-0.39, 0.29) is 0 Å². The number of hydrogen-bond acceptors (Lipinski definition) is 2. The molecule has 3 nitrogen and oxygen atoms in total. The summed E-state index contributed by atoms with van der Waals surface area (Å²) in [6, 6.07) is 0.382. The van der Waals surface area contributed by atoms with Crippen molar-refractivity contribution in [2.75, 3.05) is 6.54 Å². The second kappa shape index (κ2) is 5.87. The van der Waals surface area contributed by atoms with E-state index in [1.165, 1.54) is 17.7 Å². The van der Waals surface area contributed by atoms with Crippen LogP contribution in [0.5, 0.6) is 0 Å². The first kappa shape index (κ1) is 15.2. The zero-order valence-corrected chi connectivity index (χ0v) is 13.1. The number of hydrogen-bond donors (Lipinski definition) is 1. The molecule has 104 valence electrons. The Morgan fingerprint density at radius 2 is 1.89 bits per heavy atom. The van der Waals surface area contributed by atoms with Gasteiger partial charge in [-0.05, 0) is 46.1 Å². The van der Waals surface area contributed by atoms with Gasteiger partial charge in [-0.2, -0.15) is 5.10 Å². The molecule has 1 N–H and O–H groups in total. The van der Waals surface area contributed by atoms with E-state index in [0.717, 1.165) is 18.8 Å². The minimum atomic E-state index is 0.382. The van der Waals surface area contributed by atoms with Crippen LogP contribution in [-0.4, -0.2) is 16.3 Å². The van der Waals surface area contributed by atoms with Gasteiger partial charge in [0.1, 0.15) is 0 Å². The van der Waals surface area contributed by atoms with Gasteiger partial charge in [0.05, 0.1) is 5.69 Å². The monoisotopic (exact) mass is 251 g/mol. The Balaban J connectivity index is 2.67. The third-order valence-electron chi connectivity index (χ3n) is 3.50. The van der Waals surface area contributed by atoms with E-state index in [0.29, 0.717) is 11.5 Å². The van der Waals surface area contributed by atoms with Crippen molar-refractivity contribution in [1.82, 2.24) is 15.1 Å². The fraction of sp³-hybridized carbons (Fsp3) is 0.800. The second-order valence-electron chi connectivity index (χ2n) is 6.39. The minimum Gasteiger partial charge on any atom is -0.310 e. The molecule has 0 aliphatic heterocycles. The highest BCUT2D eigenvalue weighted by molar-refractivity contribution is 5.27. The van der Waals surface area contributed by atoms with Gasteiger partial charge in [0.25, 0.3) is 0 Å². The van der Waals surface area contributed by atoms with E-state index in [4.69, 9.17) is 0 Å². The first-order chi connectivity index (χ1) is 8.26. The maximum atomic E-state index is 4.58. The van der Waals surface area contributed by atoms with Gasteiger partial charge in [0, 0.05) is 23.8 Å². The smallest absolute Gasteiger partial charge is 0.0644 e. The third kappa shape index (κ3) is 3.84. The van der Waals surface area contributed by atoms with Gasteiger partial charge in [-0.25, -0.2) is 0 Å². The van der Waals surface area contributed by atoms with Crippen LogP contribution in [0.15, 0.2) is 0 Å². The molecule has 1 aromatic rings. The maximum Gasteiger partial charge on any atom is 0.0644 e. The molecule has 18 heavy (non-hydrogen) atoms. The summed E-state index contributed by atoms with van der Waals surface area (Å²) in [6.45, 7) is 17.5. The van der Waals surface area contributed by atoms with Gasteiger partial charge >= 0.3 is 0 Å². The molecule has 0 bridgehead atoms. The van der Waals surface area contributed by atoms with Crippen molar-refractivity contribution in [3.8, 4) is 0 Å². The van der Waals surface area contributed by atoms with Crippen LogP contribution in [-0.2, 0) is 6.54 Å². The Hall–Kier alpha value is -0.830. The predicted octanol–water partition coefficient (Wildman–Crippen LogP) is 3.61. The van der Waals surface area contributed by atoms with Crippen molar-refractivity contribution < 1.29 is 0 Å². The lowest BCUT2D eigenvalue weighted by atomic mass is 9.92. The molecule has 1 unspecified atom stereocenters. The lowest BCUT2D eigenvalue weighted by Crippen LogP contribution is -2.24. The Bertz CT molecular complexity index is 385. The summed E-state index contributed by atoms with van der Waals surface area (Å²) in [7, 11) is 0. The minimum absolute atomic E-state index is 0.382. The van der Waals surface area contributed by atoms with Gasteiger partial charge < -0.3 is 5.32 Å². The largest absolute Gasteiger partial charge is 0.310 e. The first-order valence-corrected chi connectivity index (χ1v) is 7.03. The lowest BCUT2D eigenvalue weighted by Gasteiger charge is -2.21. The van der Waals surface area contributed by atoms with Crippen LogP contribution in [0, 0.1) is 19.3 Å². The Morgan fingerprint density at radius 3 is 2.33 bits per heavy atom. The molecule has 0 fully saturated rings. The predicted molar refractivity (Wildman–Crippen MR) is 77.9 cm³/mol. The molecule has 0 amide bonds. The lowest BCUT2D eigenvalue weighted by molar-refractivity contribution is 0.357. The fourth-order valence-corrected chi connectivity index (χ4v) is 2.41. The van der Waals surface area contributed by atoms with E-state index in [1.54, 1.807) is 0 Å². The standard InChI is InChI=1S/C15H29N3/c1-8-18-13(4)14(12(3)17-18)11(2)16-10-9-15(5,6)7/h11,16H,8-10H2,1-7H3. The molecular weight excluding hydrogens is 222 g/mol. The second-order valence-corrected chi connectivity index (χ2v) is 6.39. The molecule has 1 atom stereocenters. The molecule has 0 spiro atoms. The van der Waals surface area contributed by atoms with E-state index in [2.05, 4.69) is 63.6 Å². The first-order valence-electron chi connectivity index (χ1n) is 7.03. The molecule has 0 saturated carbocycles. The van der Waals surface area contributed by atoms with E-state index in [9.17, 15) is 0 Å². The normalized spacial score (nSPS) is 13.9. The summed E-state index contributed by atoms with van der Waals surface area (Å²) in [5.41, 5.74) is 4.21. The Morgan fingerprint density at radius 1 is 1.28 bits per heavy atom. The fourth-order valence-electron chi connectivity index (χ4n) is 2.41. The number of aromatic nitrogens is 2. The molecule has 1 aromatic heterocycles. The zero-order valence-electron chi connectivity index (χ0n) is 13.1. The van der Waals surface area contributed by atoms with Crippen LogP contribution in [0.1, 0.15) is 64.0 Å². The van der Waals surface area contributed by atoms with Crippen LogP contribution in [0.2, 0.25) is 0 Å². The Kier molecular flexibility index (Phi) is 4.97. The molecule has 0 aliphatic rings. The van der Waals surface area contributed by atoms with Crippen LogP contribution in [0.4, 0.5) is 0 Å². The van der Waals surface area contributed by atoms with E-state index in [1.807, 2.05) is 0 Å². The van der Waals surface area contributed by atoms with Crippen molar-refractivity contribution in [3.05, 3.63) is 17.0 Å². The third-order valence-corrected chi connectivity index (χ3v) is 3.50. The number of nitrogens with one attached hydrogen (secondary N) is 1. The van der Waals surface area contributed by atoms with Gasteiger partial charge in [0.15, 0.2) is 0 Å². The topological polar surface area (TPSA) is 29.9 Å². The van der Waals surface area contributed by atoms with Crippen molar-refractivity contribution in [1.29, 1.82) is 0 Å². The average Bonchev–Trinajstić information content (AvgIpc) is 2.51. The average molecular weight is 251 g/mol. The molecule has 1 rings (SSSR count). The zero-order chi connectivity index (χ0) is 13.9. The maximum absolute atomic E-state index is 4.58. The molecule has 3 heteroatoms. The summed E-state index contributed by atoms with van der Waals surface area (Å²) >= 11 is 0. The van der Waals surface area contributed by atoms with Crippen LogP contribution >= 0.6 is 0 Å². The van der Waals surface area contributed by atoms with Gasteiger partial charge in [0.2, 0.25) is 0 Å². The highest BCUT2D eigenvalue weighted by Crippen LogP contribution is 2.22. The molecule has 1 heterocycles. The van der Waals surface area contributed by atoms with Gasteiger partial charge in [-0.3, -0.25) is 4.68 Å². The number of rotatable bonds is 5. The van der Waals surface area contributed by atoms with Crippen LogP contribution in [0.3, 0.4) is 0 Å². The van der Waals surface area contributed by atoms with E-state index >= 15 is 0 Å². The summed E-state index contributed by atoms with van der Waals surface area (Å²) in [4.78, 5) is 0. The van der Waals surface area contributed by atoms with Crippen molar-refractivity contribution in [2.45, 2.75) is 67.5 Å². The quantitative estimate of drug-likeness (QED) is 0.866. The van der Waals surface area contributed by atoms with E-state index < -0.39 is 0 Å².